The van der Waals surface area contributed by atoms with Crippen LogP contribution in [-0.4, -0.2) is 62.5 Å². The molecule has 0 N–H and O–H groups in total. The summed E-state index contributed by atoms with van der Waals surface area (Å²) in [4.78, 5) is 23.7. The highest BCUT2D eigenvalue weighted by atomic mass is 16.2. The van der Waals surface area contributed by atoms with E-state index in [4.69, 9.17) is 4.98 Å². The van der Waals surface area contributed by atoms with E-state index in [0.29, 0.717) is 11.8 Å². The first-order chi connectivity index (χ1) is 19.3. The van der Waals surface area contributed by atoms with Gasteiger partial charge in [0, 0.05) is 54.9 Å². The van der Waals surface area contributed by atoms with Crippen LogP contribution < -0.4 is 0 Å². The first-order valence-corrected chi connectivity index (χ1v) is 15.4. The second kappa shape index (κ2) is 12.6. The fourth-order valence-electron chi connectivity index (χ4n) is 5.99. The number of carbonyl (C=O) groups excluding carboxylic acids is 1. The van der Waals surface area contributed by atoms with Crippen LogP contribution in [0.3, 0.4) is 0 Å². The zero-order valence-electron chi connectivity index (χ0n) is 25.2. The number of nitrogens with zero attached hydrogens (tertiary/aromatic N) is 5. The number of imidazole rings is 1. The average molecular weight is 542 g/mol. The molecular weight excluding hydrogens is 494 g/mol. The average Bonchev–Trinajstić information content (AvgIpc) is 3.66. The van der Waals surface area contributed by atoms with Crippen molar-refractivity contribution in [2.75, 3.05) is 32.7 Å². The van der Waals surface area contributed by atoms with Gasteiger partial charge in [0.25, 0.3) is 5.91 Å². The predicted molar refractivity (Wildman–Crippen MR) is 167 cm³/mol. The van der Waals surface area contributed by atoms with E-state index in [1.165, 1.54) is 36.8 Å². The van der Waals surface area contributed by atoms with Gasteiger partial charge in [-0.15, -0.1) is 0 Å². The van der Waals surface area contributed by atoms with Gasteiger partial charge in [0.15, 0.2) is 0 Å². The molecule has 1 aliphatic heterocycles. The minimum atomic E-state index is 0.139. The van der Waals surface area contributed by atoms with E-state index in [-0.39, 0.29) is 5.91 Å². The van der Waals surface area contributed by atoms with E-state index in [9.17, 15) is 4.79 Å². The summed E-state index contributed by atoms with van der Waals surface area (Å²) >= 11 is 0. The SMILES string of the molecule is CC(C)CCN(CCC(C)C)C(=O)c1ccc2nc(-c3cn(C)c4ccccc34)n(CCCN3CCCC3)c2c1. The number of aromatic nitrogens is 3. The number of likely N-dealkylation sites (tertiary alicyclic amines) is 1. The Balaban J connectivity index is 1.52. The standard InChI is InChI=1S/C34H47N5O/c1-25(2)15-21-38(22-16-26(3)4)34(40)27-13-14-30-32(23-27)39(20-10-19-37-17-8-9-18-37)33(35-30)29-24-36(5)31-12-7-6-11-28(29)31/h6-7,11-14,23-26H,8-10,15-22H2,1-5H3. The van der Waals surface area contributed by atoms with Crippen molar-refractivity contribution < 1.29 is 4.79 Å². The van der Waals surface area contributed by atoms with Gasteiger partial charge >= 0.3 is 0 Å². The van der Waals surface area contributed by atoms with Gasteiger partial charge in [-0.3, -0.25) is 4.79 Å². The number of para-hydroxylation sites is 1. The number of amides is 1. The first kappa shape index (κ1) is 28.4. The first-order valence-electron chi connectivity index (χ1n) is 15.4. The smallest absolute Gasteiger partial charge is 0.253 e. The van der Waals surface area contributed by atoms with Crippen molar-refractivity contribution >= 4 is 27.8 Å². The van der Waals surface area contributed by atoms with Crippen molar-refractivity contribution in [1.29, 1.82) is 0 Å². The Morgan fingerprint density at radius 2 is 1.62 bits per heavy atom. The van der Waals surface area contributed by atoms with Gasteiger partial charge in [0.1, 0.15) is 5.82 Å². The third-order valence-electron chi connectivity index (χ3n) is 8.43. The number of hydrogen-bond donors (Lipinski definition) is 0. The van der Waals surface area contributed by atoms with Crippen LogP contribution in [0.4, 0.5) is 0 Å². The highest BCUT2D eigenvalue weighted by molar-refractivity contribution is 5.99. The van der Waals surface area contributed by atoms with Crippen LogP contribution in [0.15, 0.2) is 48.7 Å². The van der Waals surface area contributed by atoms with E-state index >= 15 is 0 Å². The van der Waals surface area contributed by atoms with Gasteiger partial charge in [0.2, 0.25) is 0 Å². The monoisotopic (exact) mass is 541 g/mol. The molecule has 0 radical (unpaired) electrons. The molecule has 0 unspecified atom stereocenters. The molecule has 0 aliphatic carbocycles. The molecule has 1 fully saturated rings. The molecule has 1 amide bonds. The molecule has 0 saturated carbocycles. The molecule has 4 aromatic rings. The van der Waals surface area contributed by atoms with Gasteiger partial charge in [-0.1, -0.05) is 45.9 Å². The zero-order chi connectivity index (χ0) is 28.2. The van der Waals surface area contributed by atoms with Crippen LogP contribution >= 0.6 is 0 Å². The molecule has 0 atom stereocenters. The molecule has 214 valence electrons. The van der Waals surface area contributed by atoms with Gasteiger partial charge in [-0.25, -0.2) is 4.98 Å². The van der Waals surface area contributed by atoms with Gasteiger partial charge in [0.05, 0.1) is 11.0 Å². The fourth-order valence-corrected chi connectivity index (χ4v) is 5.99. The lowest BCUT2D eigenvalue weighted by Crippen LogP contribution is -2.34. The van der Waals surface area contributed by atoms with Gasteiger partial charge in [-0.05, 0) is 87.8 Å². The topological polar surface area (TPSA) is 46.3 Å². The number of aryl methyl sites for hydroxylation is 2. The van der Waals surface area contributed by atoms with Crippen molar-refractivity contribution in [2.45, 2.75) is 66.3 Å². The highest BCUT2D eigenvalue weighted by Gasteiger charge is 2.21. The Labute approximate surface area is 240 Å². The minimum Gasteiger partial charge on any atom is -0.350 e. The molecule has 0 bridgehead atoms. The van der Waals surface area contributed by atoms with Crippen LogP contribution in [0.25, 0.3) is 33.3 Å². The van der Waals surface area contributed by atoms with Crippen LogP contribution in [0.1, 0.15) is 70.2 Å². The lowest BCUT2D eigenvalue weighted by molar-refractivity contribution is 0.0741. The predicted octanol–water partition coefficient (Wildman–Crippen LogP) is 7.22. The highest BCUT2D eigenvalue weighted by Crippen LogP contribution is 2.33. The summed E-state index contributed by atoms with van der Waals surface area (Å²) in [5.74, 6) is 2.27. The van der Waals surface area contributed by atoms with Crippen molar-refractivity contribution in [3.8, 4) is 11.4 Å². The van der Waals surface area contributed by atoms with E-state index in [1.807, 2.05) is 6.07 Å². The quantitative estimate of drug-likeness (QED) is 0.190. The molecular formula is C34H47N5O. The molecule has 6 nitrogen and oxygen atoms in total. The third kappa shape index (κ3) is 6.27. The lowest BCUT2D eigenvalue weighted by Gasteiger charge is -2.25. The zero-order valence-corrected chi connectivity index (χ0v) is 25.2. The summed E-state index contributed by atoms with van der Waals surface area (Å²) in [6.45, 7) is 14.9. The molecule has 1 aliphatic rings. The Morgan fingerprint density at radius 3 is 2.33 bits per heavy atom. The maximum absolute atomic E-state index is 13.9. The van der Waals surface area contributed by atoms with E-state index in [0.717, 1.165) is 73.4 Å². The second-order valence-corrected chi connectivity index (χ2v) is 12.5. The van der Waals surface area contributed by atoms with Crippen LogP contribution in [-0.2, 0) is 13.6 Å². The largest absolute Gasteiger partial charge is 0.350 e. The Kier molecular flexibility index (Phi) is 8.94. The Morgan fingerprint density at radius 1 is 0.925 bits per heavy atom. The maximum atomic E-state index is 13.9. The Bertz CT molecular complexity index is 1430. The fraction of sp³-hybridized carbons (Fsp3) is 0.529. The van der Waals surface area contributed by atoms with Crippen LogP contribution in [0.2, 0.25) is 0 Å². The lowest BCUT2D eigenvalue weighted by atomic mass is 10.1. The van der Waals surface area contributed by atoms with E-state index < -0.39 is 0 Å². The molecule has 2 aromatic carbocycles. The van der Waals surface area contributed by atoms with E-state index in [1.54, 1.807) is 0 Å². The Hall–Kier alpha value is -3.12. The van der Waals surface area contributed by atoms with Gasteiger partial charge in [-0.2, -0.15) is 0 Å². The summed E-state index contributed by atoms with van der Waals surface area (Å²) in [5.41, 5.74) is 5.14. The normalized spacial score (nSPS) is 14.4. The minimum absolute atomic E-state index is 0.139. The number of carbonyl (C=O) groups is 1. The summed E-state index contributed by atoms with van der Waals surface area (Å²) < 4.78 is 4.56. The molecule has 3 heterocycles. The summed E-state index contributed by atoms with van der Waals surface area (Å²) in [6.07, 6.45) is 7.93. The van der Waals surface area contributed by atoms with Gasteiger partial charge < -0.3 is 18.9 Å². The van der Waals surface area contributed by atoms with Crippen molar-refractivity contribution in [3.05, 3.63) is 54.2 Å². The molecule has 6 heteroatoms. The number of fused-ring (bicyclic) bond motifs is 2. The molecule has 1 saturated heterocycles. The number of hydrogen-bond acceptors (Lipinski definition) is 3. The van der Waals surface area contributed by atoms with E-state index in [2.05, 4.69) is 96.3 Å². The molecule has 0 spiro atoms. The third-order valence-corrected chi connectivity index (χ3v) is 8.43. The molecule has 5 rings (SSSR count). The summed E-state index contributed by atoms with van der Waals surface area (Å²) in [5, 5.41) is 1.21. The summed E-state index contributed by atoms with van der Waals surface area (Å²) in [7, 11) is 2.10. The van der Waals surface area contributed by atoms with Crippen molar-refractivity contribution in [3.63, 3.8) is 0 Å². The maximum Gasteiger partial charge on any atom is 0.253 e. The molecule has 40 heavy (non-hydrogen) atoms. The number of rotatable bonds is 12. The second-order valence-electron chi connectivity index (χ2n) is 12.5. The van der Waals surface area contributed by atoms with Crippen molar-refractivity contribution in [1.82, 2.24) is 23.9 Å². The van der Waals surface area contributed by atoms with Crippen molar-refractivity contribution in [2.24, 2.45) is 18.9 Å². The number of benzene rings is 2. The summed E-state index contributed by atoms with van der Waals surface area (Å²) in [6, 6.07) is 14.7. The van der Waals surface area contributed by atoms with Crippen LogP contribution in [0.5, 0.6) is 0 Å². The molecule has 2 aromatic heterocycles. The van der Waals surface area contributed by atoms with Crippen LogP contribution in [0, 0.1) is 11.8 Å².